The van der Waals surface area contributed by atoms with Gasteiger partial charge in [-0.15, -0.1) is 0 Å². The zero-order valence-corrected chi connectivity index (χ0v) is 22.3. The number of rotatable bonds is 7. The van der Waals surface area contributed by atoms with Gasteiger partial charge in [0.1, 0.15) is 17.3 Å². The fraction of sp³-hybridized carbons (Fsp3) is 0.344. The van der Waals surface area contributed by atoms with Gasteiger partial charge in [-0.05, 0) is 67.8 Å². The number of hydrogen-bond acceptors (Lipinski definition) is 6. The Bertz CT molecular complexity index is 1370. The quantitative estimate of drug-likeness (QED) is 0.375. The minimum Gasteiger partial charge on any atom is -0.508 e. The molecule has 3 aromatic carbocycles. The highest BCUT2D eigenvalue weighted by Crippen LogP contribution is 2.43. The first-order chi connectivity index (χ1) is 19.2. The number of hydrogen-bond donors (Lipinski definition) is 3. The van der Waals surface area contributed by atoms with E-state index in [1.165, 1.54) is 30.3 Å². The molecule has 2 unspecified atom stereocenters. The molecule has 0 bridgehead atoms. The standard InChI is InChI=1S/C32H33FN2O5/c1-19-25(11-4-12-28(19)33)30-26(31(39)20-6-2-9-23(36)14-20)17-35(29(38)16-22-8-5-13-34-22)18-27(30)32(40)21-7-3-10-24(37)15-21/h2-4,6-7,9-12,14-15,22,26-27,30,34,36-37H,5,8,13,16-18H2,1H3/t22?,26-,27+,30?. The van der Waals surface area contributed by atoms with Crippen molar-refractivity contribution in [2.45, 2.75) is 38.1 Å². The number of nitrogens with zero attached hydrogens (tertiary/aromatic N) is 1. The Balaban J connectivity index is 1.62. The van der Waals surface area contributed by atoms with E-state index >= 15 is 0 Å². The van der Waals surface area contributed by atoms with Crippen molar-refractivity contribution in [2.75, 3.05) is 19.6 Å². The third kappa shape index (κ3) is 5.63. The van der Waals surface area contributed by atoms with Crippen LogP contribution < -0.4 is 5.32 Å². The maximum atomic E-state index is 14.9. The molecule has 208 valence electrons. The largest absolute Gasteiger partial charge is 0.508 e. The van der Waals surface area contributed by atoms with Crippen LogP contribution in [0.3, 0.4) is 0 Å². The zero-order chi connectivity index (χ0) is 28.4. The molecule has 2 fully saturated rings. The van der Waals surface area contributed by atoms with Crippen LogP contribution in [-0.4, -0.2) is 58.3 Å². The van der Waals surface area contributed by atoms with E-state index in [1.54, 1.807) is 48.2 Å². The van der Waals surface area contributed by atoms with Crippen LogP contribution in [0, 0.1) is 24.6 Å². The summed E-state index contributed by atoms with van der Waals surface area (Å²) in [6, 6.07) is 16.6. The highest BCUT2D eigenvalue weighted by molar-refractivity contribution is 6.03. The van der Waals surface area contributed by atoms with Crippen LogP contribution >= 0.6 is 0 Å². The minimum atomic E-state index is -0.872. The number of carbonyl (C=O) groups is 3. The molecule has 1 amide bonds. The second-order valence-corrected chi connectivity index (χ2v) is 10.8. The Labute approximate surface area is 232 Å². The van der Waals surface area contributed by atoms with E-state index in [-0.39, 0.29) is 65.7 Å². The number of ketones is 2. The zero-order valence-electron chi connectivity index (χ0n) is 22.3. The van der Waals surface area contributed by atoms with Crippen LogP contribution in [0.5, 0.6) is 11.5 Å². The molecule has 2 aliphatic heterocycles. The van der Waals surface area contributed by atoms with E-state index in [1.807, 2.05) is 0 Å². The van der Waals surface area contributed by atoms with Crippen molar-refractivity contribution in [3.05, 3.63) is 94.8 Å². The summed E-state index contributed by atoms with van der Waals surface area (Å²) in [5.74, 6) is -3.92. The van der Waals surface area contributed by atoms with Gasteiger partial charge in [-0.2, -0.15) is 0 Å². The van der Waals surface area contributed by atoms with Crippen molar-refractivity contribution in [3.63, 3.8) is 0 Å². The van der Waals surface area contributed by atoms with Gasteiger partial charge in [0, 0.05) is 54.4 Å². The Morgan fingerprint density at radius 3 is 2.00 bits per heavy atom. The van der Waals surface area contributed by atoms with E-state index in [0.29, 0.717) is 11.1 Å². The molecule has 0 aromatic heterocycles. The minimum absolute atomic E-state index is 0.0381. The first-order valence-corrected chi connectivity index (χ1v) is 13.7. The lowest BCUT2D eigenvalue weighted by Gasteiger charge is -2.43. The van der Waals surface area contributed by atoms with Crippen LogP contribution in [0.2, 0.25) is 0 Å². The third-order valence-corrected chi connectivity index (χ3v) is 8.24. The second kappa shape index (κ2) is 11.6. The molecule has 4 atom stereocenters. The summed E-state index contributed by atoms with van der Waals surface area (Å²) in [6.45, 7) is 2.59. The fourth-order valence-corrected chi connectivity index (χ4v) is 6.19. The van der Waals surface area contributed by atoms with Gasteiger partial charge < -0.3 is 20.4 Å². The normalized spacial score (nSPS) is 22.7. The summed E-state index contributed by atoms with van der Waals surface area (Å²) in [6.07, 6.45) is 2.11. The van der Waals surface area contributed by atoms with E-state index in [0.717, 1.165) is 19.4 Å². The predicted octanol–water partition coefficient (Wildman–Crippen LogP) is 4.61. The van der Waals surface area contributed by atoms with Crippen molar-refractivity contribution in [1.82, 2.24) is 10.2 Å². The van der Waals surface area contributed by atoms with Gasteiger partial charge in [0.2, 0.25) is 5.91 Å². The predicted molar refractivity (Wildman–Crippen MR) is 148 cm³/mol. The van der Waals surface area contributed by atoms with Gasteiger partial charge in [0.15, 0.2) is 11.6 Å². The van der Waals surface area contributed by atoms with Gasteiger partial charge in [-0.3, -0.25) is 14.4 Å². The van der Waals surface area contributed by atoms with Crippen LogP contribution in [0.1, 0.15) is 57.0 Å². The van der Waals surface area contributed by atoms with Crippen LogP contribution in [0.4, 0.5) is 4.39 Å². The first-order valence-electron chi connectivity index (χ1n) is 13.7. The number of benzene rings is 3. The van der Waals surface area contributed by atoms with Gasteiger partial charge in [-0.25, -0.2) is 4.39 Å². The summed E-state index contributed by atoms with van der Waals surface area (Å²) >= 11 is 0. The average molecular weight is 545 g/mol. The molecule has 0 spiro atoms. The lowest BCUT2D eigenvalue weighted by molar-refractivity contribution is -0.134. The van der Waals surface area contributed by atoms with Gasteiger partial charge in [0.25, 0.3) is 0 Å². The lowest BCUT2D eigenvalue weighted by Crippen LogP contribution is -2.53. The topological polar surface area (TPSA) is 107 Å². The van der Waals surface area contributed by atoms with E-state index in [2.05, 4.69) is 5.32 Å². The smallest absolute Gasteiger partial charge is 0.224 e. The summed E-state index contributed by atoms with van der Waals surface area (Å²) in [7, 11) is 0. The van der Waals surface area contributed by atoms with Gasteiger partial charge in [0.05, 0.1) is 0 Å². The van der Waals surface area contributed by atoms with E-state index in [9.17, 15) is 29.0 Å². The van der Waals surface area contributed by atoms with Crippen molar-refractivity contribution < 1.29 is 29.0 Å². The van der Waals surface area contributed by atoms with E-state index in [4.69, 9.17) is 0 Å². The lowest BCUT2D eigenvalue weighted by atomic mass is 9.67. The number of halogens is 1. The first kappa shape index (κ1) is 27.5. The number of aromatic hydroxyl groups is 2. The summed E-state index contributed by atoms with van der Waals surface area (Å²) in [4.78, 5) is 43.3. The molecule has 5 rings (SSSR count). The molecule has 3 N–H and O–H groups in total. The molecule has 2 saturated heterocycles. The number of nitrogens with one attached hydrogen (secondary N) is 1. The molecule has 8 heteroatoms. The molecule has 3 aromatic rings. The molecule has 7 nitrogen and oxygen atoms in total. The SMILES string of the molecule is Cc1c(F)cccc1C1[C@@H](C(=O)c2cccc(O)c2)CN(C(=O)CC2CCCN2)C[C@H]1C(=O)c1cccc(O)c1. The van der Waals surface area contributed by atoms with E-state index < -0.39 is 23.6 Å². The number of Topliss-reactive ketones (excluding diaryl/α,β-unsaturated/α-hetero) is 2. The molecule has 40 heavy (non-hydrogen) atoms. The number of carbonyl (C=O) groups excluding carboxylic acids is 3. The number of phenols is 2. The van der Waals surface area contributed by atoms with Crippen molar-refractivity contribution in [1.29, 1.82) is 0 Å². The highest BCUT2D eigenvalue weighted by atomic mass is 19.1. The molecule has 2 aliphatic rings. The van der Waals surface area contributed by atoms with Crippen LogP contribution in [0.15, 0.2) is 66.7 Å². The Morgan fingerprint density at radius 2 is 1.48 bits per heavy atom. The van der Waals surface area contributed by atoms with Crippen molar-refractivity contribution in [2.24, 2.45) is 11.8 Å². The van der Waals surface area contributed by atoms with Crippen LogP contribution in [0.25, 0.3) is 0 Å². The Morgan fingerprint density at radius 1 is 0.900 bits per heavy atom. The van der Waals surface area contributed by atoms with Gasteiger partial charge in [-0.1, -0.05) is 36.4 Å². The number of likely N-dealkylation sites (tertiary alicyclic amines) is 1. The maximum Gasteiger partial charge on any atom is 0.224 e. The summed E-state index contributed by atoms with van der Waals surface area (Å²) < 4.78 is 14.9. The van der Waals surface area contributed by atoms with Crippen molar-refractivity contribution >= 4 is 17.5 Å². The highest BCUT2D eigenvalue weighted by Gasteiger charge is 2.47. The van der Waals surface area contributed by atoms with Crippen LogP contribution in [-0.2, 0) is 4.79 Å². The summed E-state index contributed by atoms with van der Waals surface area (Å²) in [5, 5.41) is 23.5. The number of amides is 1. The summed E-state index contributed by atoms with van der Waals surface area (Å²) in [5.41, 5.74) is 1.37. The molecule has 0 aliphatic carbocycles. The average Bonchev–Trinajstić information content (AvgIpc) is 3.46. The number of phenolic OH excluding ortho intramolecular Hbond substituents is 2. The maximum absolute atomic E-state index is 14.9. The van der Waals surface area contributed by atoms with Crippen molar-refractivity contribution in [3.8, 4) is 11.5 Å². The third-order valence-electron chi connectivity index (χ3n) is 8.24. The molecule has 0 radical (unpaired) electrons. The fourth-order valence-electron chi connectivity index (χ4n) is 6.19. The molecule has 2 heterocycles. The monoisotopic (exact) mass is 544 g/mol. The Kier molecular flexibility index (Phi) is 7.98. The molecular formula is C32H33FN2O5. The second-order valence-electron chi connectivity index (χ2n) is 10.8. The van der Waals surface area contributed by atoms with Gasteiger partial charge >= 0.3 is 0 Å². The molecule has 0 saturated carbocycles. The number of piperidine rings is 1. The Hall–Kier alpha value is -4.04. The molecular weight excluding hydrogens is 511 g/mol.